The SMILES string of the molecule is CCCCC(CC)(C1CCC(c2ccc(O)c(C)c2)(c2ccc(O)c(C)c2)CC1)C1CCC(c2ccc(O)c(C)c2)(c2ccc(O)c(C)c2)CC1. The molecule has 51 heavy (non-hydrogen) atoms. The number of unbranched alkanes of at least 4 members (excludes halogenated alkanes) is 1. The van der Waals surface area contributed by atoms with E-state index in [1.807, 2.05) is 52.0 Å². The molecule has 4 aromatic carbocycles. The Morgan fingerprint density at radius 2 is 0.804 bits per heavy atom. The first kappa shape index (κ1) is 36.9. The maximum absolute atomic E-state index is 10.5. The largest absolute Gasteiger partial charge is 0.508 e. The Balaban J connectivity index is 1.34. The second kappa shape index (κ2) is 14.6. The van der Waals surface area contributed by atoms with Crippen molar-refractivity contribution in [3.8, 4) is 23.0 Å². The summed E-state index contributed by atoms with van der Waals surface area (Å²) in [6.07, 6.45) is 13.8. The van der Waals surface area contributed by atoms with Gasteiger partial charge in [-0.1, -0.05) is 75.2 Å². The van der Waals surface area contributed by atoms with Crippen LogP contribution in [0.5, 0.6) is 23.0 Å². The number of hydrogen-bond acceptors (Lipinski definition) is 4. The first-order valence-electron chi connectivity index (χ1n) is 19.6. The van der Waals surface area contributed by atoms with Crippen molar-refractivity contribution >= 4 is 0 Å². The molecule has 4 nitrogen and oxygen atoms in total. The van der Waals surface area contributed by atoms with Crippen LogP contribution in [0.1, 0.15) is 135 Å². The van der Waals surface area contributed by atoms with Crippen LogP contribution >= 0.6 is 0 Å². The molecule has 4 N–H and O–H groups in total. The topological polar surface area (TPSA) is 80.9 Å². The van der Waals surface area contributed by atoms with Gasteiger partial charge in [-0.2, -0.15) is 0 Å². The van der Waals surface area contributed by atoms with Crippen LogP contribution in [-0.2, 0) is 10.8 Å². The third-order valence-electron chi connectivity index (χ3n) is 14.0. The van der Waals surface area contributed by atoms with E-state index >= 15 is 0 Å². The van der Waals surface area contributed by atoms with E-state index in [4.69, 9.17) is 0 Å². The summed E-state index contributed by atoms with van der Waals surface area (Å²) in [5, 5.41) is 41.9. The van der Waals surface area contributed by atoms with Gasteiger partial charge in [-0.05, 0) is 178 Å². The second-order valence-electron chi connectivity index (χ2n) is 16.4. The highest BCUT2D eigenvalue weighted by Crippen LogP contribution is 2.60. The first-order chi connectivity index (χ1) is 24.4. The monoisotopic (exact) mass is 688 g/mol. The summed E-state index contributed by atoms with van der Waals surface area (Å²) in [6.45, 7) is 12.8. The van der Waals surface area contributed by atoms with Gasteiger partial charge in [0.15, 0.2) is 0 Å². The van der Waals surface area contributed by atoms with E-state index in [1.54, 1.807) is 0 Å². The third-order valence-corrected chi connectivity index (χ3v) is 14.0. The van der Waals surface area contributed by atoms with E-state index in [9.17, 15) is 20.4 Å². The molecule has 0 aliphatic heterocycles. The number of aryl methyl sites for hydroxylation is 4. The molecule has 4 aromatic rings. The van der Waals surface area contributed by atoms with E-state index in [-0.39, 0.29) is 16.2 Å². The van der Waals surface area contributed by atoms with Crippen LogP contribution in [0.3, 0.4) is 0 Å². The lowest BCUT2D eigenvalue weighted by Crippen LogP contribution is -2.46. The predicted octanol–water partition coefficient (Wildman–Crippen LogP) is 12.0. The van der Waals surface area contributed by atoms with Gasteiger partial charge in [-0.25, -0.2) is 0 Å². The van der Waals surface area contributed by atoms with Crippen molar-refractivity contribution in [1.82, 2.24) is 0 Å². The van der Waals surface area contributed by atoms with Gasteiger partial charge < -0.3 is 20.4 Å². The van der Waals surface area contributed by atoms with Crippen molar-refractivity contribution in [3.05, 3.63) is 117 Å². The Hall–Kier alpha value is -3.92. The molecule has 0 heterocycles. The number of phenols is 4. The second-order valence-corrected chi connectivity index (χ2v) is 16.4. The molecule has 4 heteroatoms. The highest BCUT2D eigenvalue weighted by Gasteiger charge is 2.51. The van der Waals surface area contributed by atoms with Crippen molar-refractivity contribution in [2.24, 2.45) is 17.3 Å². The van der Waals surface area contributed by atoms with E-state index in [0.29, 0.717) is 34.8 Å². The van der Waals surface area contributed by atoms with Crippen molar-refractivity contribution in [2.75, 3.05) is 0 Å². The van der Waals surface area contributed by atoms with E-state index < -0.39 is 0 Å². The number of rotatable bonds is 10. The van der Waals surface area contributed by atoms with Gasteiger partial charge in [0.1, 0.15) is 23.0 Å². The van der Waals surface area contributed by atoms with Gasteiger partial charge in [-0.3, -0.25) is 0 Å². The van der Waals surface area contributed by atoms with E-state index in [2.05, 4.69) is 62.4 Å². The average molecular weight is 689 g/mol. The lowest BCUT2D eigenvalue weighted by Gasteiger charge is -2.54. The molecule has 2 aliphatic rings. The number of phenolic OH excluding ortho intramolecular Hbond substituents is 4. The minimum atomic E-state index is -0.160. The molecule has 0 spiro atoms. The lowest BCUT2D eigenvalue weighted by molar-refractivity contribution is -0.00858. The Morgan fingerprint density at radius 1 is 0.510 bits per heavy atom. The van der Waals surface area contributed by atoms with Gasteiger partial charge in [0, 0.05) is 10.8 Å². The van der Waals surface area contributed by atoms with E-state index in [0.717, 1.165) is 73.6 Å². The number of benzene rings is 4. The quantitative estimate of drug-likeness (QED) is 0.134. The molecule has 0 radical (unpaired) electrons. The maximum atomic E-state index is 10.5. The molecule has 6 rings (SSSR count). The molecule has 0 aromatic heterocycles. The summed E-state index contributed by atoms with van der Waals surface area (Å²) >= 11 is 0. The zero-order valence-electron chi connectivity index (χ0n) is 31.9. The zero-order chi connectivity index (χ0) is 36.6. The summed E-state index contributed by atoms with van der Waals surface area (Å²) in [7, 11) is 0. The van der Waals surface area contributed by atoms with Crippen LogP contribution in [0, 0.1) is 44.9 Å². The summed E-state index contributed by atoms with van der Waals surface area (Å²) < 4.78 is 0. The minimum Gasteiger partial charge on any atom is -0.508 e. The maximum Gasteiger partial charge on any atom is 0.118 e. The normalized spacial score (nSPS) is 18.2. The molecular formula is C47H60O4. The van der Waals surface area contributed by atoms with Crippen molar-refractivity contribution in [3.63, 3.8) is 0 Å². The van der Waals surface area contributed by atoms with Crippen LogP contribution < -0.4 is 0 Å². The summed E-state index contributed by atoms with van der Waals surface area (Å²) in [4.78, 5) is 0. The summed E-state index contributed by atoms with van der Waals surface area (Å²) in [5.41, 5.74) is 8.67. The van der Waals surface area contributed by atoms with Crippen LogP contribution in [0.4, 0.5) is 0 Å². The van der Waals surface area contributed by atoms with Crippen molar-refractivity contribution in [2.45, 2.75) is 129 Å². The third kappa shape index (κ3) is 6.64. The van der Waals surface area contributed by atoms with Crippen LogP contribution in [-0.4, -0.2) is 20.4 Å². The number of aromatic hydroxyl groups is 4. The first-order valence-corrected chi connectivity index (χ1v) is 19.6. The molecule has 2 fully saturated rings. The minimum absolute atomic E-state index is 0.160. The average Bonchev–Trinajstić information content (AvgIpc) is 3.14. The van der Waals surface area contributed by atoms with Gasteiger partial charge >= 0.3 is 0 Å². The number of hydrogen-bond donors (Lipinski definition) is 4. The fourth-order valence-electron chi connectivity index (χ4n) is 10.7. The highest BCUT2D eigenvalue weighted by molar-refractivity contribution is 5.49. The van der Waals surface area contributed by atoms with Crippen LogP contribution in [0.25, 0.3) is 0 Å². The zero-order valence-corrected chi connectivity index (χ0v) is 31.9. The van der Waals surface area contributed by atoms with Crippen LogP contribution in [0.2, 0.25) is 0 Å². The smallest absolute Gasteiger partial charge is 0.118 e. The Labute approximate surface area is 306 Å². The Kier molecular flexibility index (Phi) is 10.6. The summed E-state index contributed by atoms with van der Waals surface area (Å²) in [6, 6.07) is 24.8. The van der Waals surface area contributed by atoms with Crippen LogP contribution in [0.15, 0.2) is 72.8 Å². The fraction of sp³-hybridized carbons (Fsp3) is 0.489. The fourth-order valence-corrected chi connectivity index (χ4v) is 10.7. The van der Waals surface area contributed by atoms with Crippen molar-refractivity contribution < 1.29 is 20.4 Å². The molecule has 2 saturated carbocycles. The molecule has 0 atom stereocenters. The Bertz CT molecular complexity index is 1600. The molecule has 0 amide bonds. The molecule has 2 aliphatic carbocycles. The summed E-state index contributed by atoms with van der Waals surface area (Å²) in [5.74, 6) is 2.62. The predicted molar refractivity (Wildman–Crippen MR) is 209 cm³/mol. The molecule has 272 valence electrons. The van der Waals surface area contributed by atoms with Crippen molar-refractivity contribution in [1.29, 1.82) is 0 Å². The van der Waals surface area contributed by atoms with Gasteiger partial charge in [0.05, 0.1) is 0 Å². The van der Waals surface area contributed by atoms with Gasteiger partial charge in [-0.15, -0.1) is 0 Å². The molecular weight excluding hydrogens is 629 g/mol. The van der Waals surface area contributed by atoms with Gasteiger partial charge in [0.2, 0.25) is 0 Å². The molecule has 0 saturated heterocycles. The molecule has 0 unspecified atom stereocenters. The Morgan fingerprint density at radius 3 is 1.04 bits per heavy atom. The van der Waals surface area contributed by atoms with Gasteiger partial charge in [0.25, 0.3) is 0 Å². The van der Waals surface area contributed by atoms with E-state index in [1.165, 1.54) is 47.9 Å². The standard InChI is InChI=1S/C47H60O4/c1-7-9-22-45(8-2,35-18-23-46(24-19-35,37-10-14-41(48)31(3)27-37)38-11-15-42(49)32(4)28-38)36-20-25-47(26-21-36,39-12-16-43(50)33(5)29-39)40-13-17-44(51)34(6)30-40/h10-17,27-30,35-36,48-51H,7-9,18-26H2,1-6H3. The molecule has 0 bridgehead atoms. The lowest BCUT2D eigenvalue weighted by atomic mass is 9.50. The highest BCUT2D eigenvalue weighted by atomic mass is 16.3.